The fourth-order valence-corrected chi connectivity index (χ4v) is 2.56. The van der Waals surface area contributed by atoms with Crippen LogP contribution in [0.1, 0.15) is 11.5 Å². The number of aromatic amines is 1. The highest BCUT2D eigenvalue weighted by Gasteiger charge is 2.15. The van der Waals surface area contributed by atoms with Gasteiger partial charge in [0, 0.05) is 17.5 Å². The fourth-order valence-electron chi connectivity index (χ4n) is 2.56. The van der Waals surface area contributed by atoms with Gasteiger partial charge in [0.1, 0.15) is 12.2 Å². The van der Waals surface area contributed by atoms with Crippen LogP contribution in [0.2, 0.25) is 0 Å². The molecule has 0 atom stereocenters. The summed E-state index contributed by atoms with van der Waals surface area (Å²) in [6.07, 6.45) is 3.39. The maximum Gasteiger partial charge on any atom is 0.155 e. The number of H-pyrrole nitrogens is 1. The summed E-state index contributed by atoms with van der Waals surface area (Å²) in [5, 5.41) is 4.11. The normalized spacial score (nSPS) is 11.2. The zero-order valence-corrected chi connectivity index (χ0v) is 12.6. The molecule has 0 aromatic carbocycles. The van der Waals surface area contributed by atoms with Crippen molar-refractivity contribution in [3.05, 3.63) is 54.4 Å². The Balaban J connectivity index is 1.91. The minimum absolute atomic E-state index is 0.339. The van der Waals surface area contributed by atoms with Gasteiger partial charge in [-0.25, -0.2) is 14.5 Å². The van der Waals surface area contributed by atoms with Gasteiger partial charge in [-0.05, 0) is 31.2 Å². The molecule has 0 radical (unpaired) electrons. The van der Waals surface area contributed by atoms with E-state index in [1.807, 2.05) is 43.5 Å². The van der Waals surface area contributed by atoms with E-state index < -0.39 is 0 Å². The number of nitrogens with two attached hydrogens (primary N) is 1. The average molecular weight is 305 g/mol. The molecular formula is C16H15N7. The molecule has 4 rings (SSSR count). The number of aryl methyl sites for hydroxylation is 1. The van der Waals surface area contributed by atoms with E-state index in [9.17, 15) is 0 Å². The molecule has 0 unspecified atom stereocenters. The first-order valence-corrected chi connectivity index (χ1v) is 7.27. The molecule has 0 saturated heterocycles. The Bertz CT molecular complexity index is 983. The first kappa shape index (κ1) is 13.6. The van der Waals surface area contributed by atoms with Crippen LogP contribution in [0, 0.1) is 6.92 Å². The summed E-state index contributed by atoms with van der Waals surface area (Å²) in [5.74, 6) is 0.722. The minimum atomic E-state index is 0.339. The number of hydrogen-bond donors (Lipinski definition) is 2. The molecule has 0 amide bonds. The number of pyridine rings is 2. The molecule has 0 bridgehead atoms. The first-order valence-electron chi connectivity index (χ1n) is 7.27. The van der Waals surface area contributed by atoms with Crippen LogP contribution in [-0.2, 0) is 6.54 Å². The molecule has 7 nitrogen and oxygen atoms in total. The molecule has 114 valence electrons. The Morgan fingerprint density at radius 1 is 1.22 bits per heavy atom. The zero-order chi connectivity index (χ0) is 15.8. The summed E-state index contributed by atoms with van der Waals surface area (Å²) in [6.45, 7) is 2.30. The van der Waals surface area contributed by atoms with E-state index in [1.165, 1.54) is 6.33 Å². The van der Waals surface area contributed by atoms with Gasteiger partial charge in [-0.3, -0.25) is 4.98 Å². The molecule has 23 heavy (non-hydrogen) atoms. The van der Waals surface area contributed by atoms with Crippen molar-refractivity contribution in [1.82, 2.24) is 29.5 Å². The van der Waals surface area contributed by atoms with Gasteiger partial charge in [0.25, 0.3) is 0 Å². The van der Waals surface area contributed by atoms with E-state index in [0.717, 1.165) is 39.8 Å². The lowest BCUT2D eigenvalue weighted by Gasteiger charge is -2.04. The van der Waals surface area contributed by atoms with Crippen LogP contribution in [0.25, 0.3) is 28.3 Å². The van der Waals surface area contributed by atoms with Crippen LogP contribution in [0.4, 0.5) is 0 Å². The molecule has 0 aliphatic carbocycles. The molecular weight excluding hydrogens is 290 g/mol. The van der Waals surface area contributed by atoms with Crippen LogP contribution in [0.15, 0.2) is 42.9 Å². The molecule has 4 heterocycles. The van der Waals surface area contributed by atoms with Gasteiger partial charge in [-0.2, -0.15) is 5.10 Å². The number of nitrogens with one attached hydrogen (secondary N) is 1. The van der Waals surface area contributed by atoms with Gasteiger partial charge in [-0.1, -0.05) is 6.07 Å². The van der Waals surface area contributed by atoms with Crippen molar-refractivity contribution in [2.24, 2.45) is 5.73 Å². The predicted molar refractivity (Wildman–Crippen MR) is 86.4 cm³/mol. The molecule has 4 aromatic heterocycles. The van der Waals surface area contributed by atoms with Crippen molar-refractivity contribution >= 4 is 5.65 Å². The Labute approximate surface area is 132 Å². The lowest BCUT2D eigenvalue weighted by molar-refractivity contribution is 0.949. The van der Waals surface area contributed by atoms with Crippen LogP contribution in [0.3, 0.4) is 0 Å². The maximum absolute atomic E-state index is 5.75. The molecule has 0 spiro atoms. The highest BCUT2D eigenvalue weighted by Crippen LogP contribution is 2.29. The largest absolute Gasteiger partial charge is 0.339 e. The molecule has 0 fully saturated rings. The number of rotatable bonds is 3. The van der Waals surface area contributed by atoms with Gasteiger partial charge in [0.15, 0.2) is 5.65 Å². The summed E-state index contributed by atoms with van der Waals surface area (Å²) in [4.78, 5) is 16.7. The summed E-state index contributed by atoms with van der Waals surface area (Å²) < 4.78 is 1.71. The second-order valence-electron chi connectivity index (χ2n) is 5.25. The Morgan fingerprint density at radius 2 is 2.13 bits per heavy atom. The third-order valence-electron chi connectivity index (χ3n) is 3.64. The van der Waals surface area contributed by atoms with Crippen LogP contribution >= 0.6 is 0 Å². The second kappa shape index (κ2) is 5.29. The third-order valence-corrected chi connectivity index (χ3v) is 3.64. The summed E-state index contributed by atoms with van der Waals surface area (Å²) in [6, 6.07) is 9.80. The molecule has 3 N–H and O–H groups in total. The van der Waals surface area contributed by atoms with Crippen LogP contribution in [0.5, 0.6) is 0 Å². The van der Waals surface area contributed by atoms with E-state index in [0.29, 0.717) is 6.54 Å². The Hall–Kier alpha value is -3.06. The highest BCUT2D eigenvalue weighted by molar-refractivity contribution is 5.78. The SMILES string of the molecule is Cc1cccc(-c2[nH]c(CN)nc2-c2ccn3ncnc3c2)n1. The molecule has 4 aromatic rings. The molecule has 0 saturated carbocycles. The standard InChI is InChI=1S/C16H15N7/c1-10-3-2-4-12(20-10)16-15(21-13(8-17)22-16)11-5-6-23-14(7-11)18-9-19-23/h2-7,9H,8,17H2,1H3,(H,21,22). The lowest BCUT2D eigenvalue weighted by atomic mass is 10.1. The van der Waals surface area contributed by atoms with Crippen LogP contribution in [-0.4, -0.2) is 29.5 Å². The number of hydrogen-bond acceptors (Lipinski definition) is 5. The van der Waals surface area contributed by atoms with Crippen molar-refractivity contribution in [2.75, 3.05) is 0 Å². The van der Waals surface area contributed by atoms with Crippen molar-refractivity contribution in [2.45, 2.75) is 13.5 Å². The predicted octanol–water partition coefficient (Wildman–Crippen LogP) is 1.95. The van der Waals surface area contributed by atoms with Gasteiger partial charge in [0.2, 0.25) is 0 Å². The lowest BCUT2D eigenvalue weighted by Crippen LogP contribution is -1.98. The number of aromatic nitrogens is 6. The van der Waals surface area contributed by atoms with Crippen molar-refractivity contribution in [1.29, 1.82) is 0 Å². The number of fused-ring (bicyclic) bond motifs is 1. The van der Waals surface area contributed by atoms with E-state index in [1.54, 1.807) is 4.52 Å². The van der Waals surface area contributed by atoms with E-state index >= 15 is 0 Å². The van der Waals surface area contributed by atoms with E-state index in [2.05, 4.69) is 25.0 Å². The number of imidazole rings is 1. The molecule has 0 aliphatic heterocycles. The average Bonchev–Trinajstić information content (AvgIpc) is 3.20. The van der Waals surface area contributed by atoms with E-state index in [4.69, 9.17) is 5.73 Å². The quantitative estimate of drug-likeness (QED) is 0.603. The van der Waals surface area contributed by atoms with E-state index in [-0.39, 0.29) is 0 Å². The van der Waals surface area contributed by atoms with Crippen molar-refractivity contribution < 1.29 is 0 Å². The van der Waals surface area contributed by atoms with Crippen molar-refractivity contribution in [3.8, 4) is 22.6 Å². The third kappa shape index (κ3) is 2.36. The van der Waals surface area contributed by atoms with Gasteiger partial charge >= 0.3 is 0 Å². The Kier molecular flexibility index (Phi) is 3.13. The number of nitrogens with zero attached hydrogens (tertiary/aromatic N) is 5. The van der Waals surface area contributed by atoms with Gasteiger partial charge in [-0.15, -0.1) is 0 Å². The second-order valence-corrected chi connectivity index (χ2v) is 5.25. The minimum Gasteiger partial charge on any atom is -0.339 e. The van der Waals surface area contributed by atoms with Crippen LogP contribution < -0.4 is 5.73 Å². The molecule has 0 aliphatic rings. The van der Waals surface area contributed by atoms with Gasteiger partial charge in [0.05, 0.1) is 23.6 Å². The summed E-state index contributed by atoms with van der Waals surface area (Å²) >= 11 is 0. The van der Waals surface area contributed by atoms with Crippen molar-refractivity contribution in [3.63, 3.8) is 0 Å². The zero-order valence-electron chi connectivity index (χ0n) is 12.6. The fraction of sp³-hybridized carbons (Fsp3) is 0.125. The highest BCUT2D eigenvalue weighted by atomic mass is 15.3. The summed E-state index contributed by atoms with van der Waals surface area (Å²) in [5.41, 5.74) is 10.9. The molecule has 7 heteroatoms. The topological polar surface area (TPSA) is 97.8 Å². The monoisotopic (exact) mass is 305 g/mol. The maximum atomic E-state index is 5.75. The summed E-state index contributed by atoms with van der Waals surface area (Å²) in [7, 11) is 0. The van der Waals surface area contributed by atoms with Gasteiger partial charge < -0.3 is 10.7 Å². The smallest absolute Gasteiger partial charge is 0.155 e. The first-order chi connectivity index (χ1) is 11.2. The Morgan fingerprint density at radius 3 is 2.96 bits per heavy atom.